The van der Waals surface area contributed by atoms with E-state index >= 15 is 0 Å². The normalized spacial score (nSPS) is 10.8. The van der Waals surface area contributed by atoms with Crippen molar-refractivity contribution >= 4 is 17.7 Å². The highest BCUT2D eigenvalue weighted by molar-refractivity contribution is 6.32. The maximum Gasteiger partial charge on any atom is 0.0478 e. The Balaban J connectivity index is 2.68. The molecule has 0 amide bonds. The summed E-state index contributed by atoms with van der Waals surface area (Å²) in [7, 11) is 0. The van der Waals surface area contributed by atoms with Crippen LogP contribution in [-0.2, 0) is 0 Å². The van der Waals surface area contributed by atoms with Crippen molar-refractivity contribution in [1.82, 2.24) is 5.43 Å². The third-order valence-electron chi connectivity index (χ3n) is 1.44. The van der Waals surface area contributed by atoms with Crippen molar-refractivity contribution in [2.45, 2.75) is 0 Å². The van der Waals surface area contributed by atoms with Crippen LogP contribution < -0.4 is 11.3 Å². The number of hydrogen-bond donors (Lipinski definition) is 2. The van der Waals surface area contributed by atoms with Gasteiger partial charge in [-0.15, -0.1) is 0 Å². The van der Waals surface area contributed by atoms with Crippen molar-refractivity contribution in [3.05, 3.63) is 40.9 Å². The molecule has 0 aliphatic rings. The Morgan fingerprint density at radius 3 is 2.83 bits per heavy atom. The van der Waals surface area contributed by atoms with Crippen molar-refractivity contribution in [1.29, 1.82) is 0 Å². The van der Waals surface area contributed by atoms with E-state index in [2.05, 4.69) is 5.43 Å². The highest BCUT2D eigenvalue weighted by Gasteiger charge is 1.91. The Bertz CT molecular complexity index is 271. The average Bonchev–Trinajstić information content (AvgIpc) is 2.09. The molecule has 12 heavy (non-hydrogen) atoms. The first-order valence-corrected chi connectivity index (χ1v) is 4.07. The molecule has 0 aromatic heterocycles. The summed E-state index contributed by atoms with van der Waals surface area (Å²) in [6.45, 7) is 0.644. The molecule has 0 aliphatic heterocycles. The smallest absolute Gasteiger partial charge is 0.0478 e. The van der Waals surface area contributed by atoms with Gasteiger partial charge in [-0.05, 0) is 11.6 Å². The summed E-state index contributed by atoms with van der Waals surface area (Å²) in [6.07, 6.45) is 3.85. The lowest BCUT2D eigenvalue weighted by Crippen LogP contribution is -2.21. The number of rotatable bonds is 3. The van der Waals surface area contributed by atoms with Crippen molar-refractivity contribution < 1.29 is 0 Å². The van der Waals surface area contributed by atoms with Gasteiger partial charge in [-0.25, -0.2) is 0 Å². The van der Waals surface area contributed by atoms with Crippen LogP contribution in [0, 0.1) is 0 Å². The van der Waals surface area contributed by atoms with Gasteiger partial charge in [0.05, 0.1) is 0 Å². The molecule has 0 spiro atoms. The second kappa shape index (κ2) is 4.93. The van der Waals surface area contributed by atoms with Crippen LogP contribution in [-0.4, -0.2) is 6.54 Å². The number of benzene rings is 1. The van der Waals surface area contributed by atoms with Gasteiger partial charge in [0.1, 0.15) is 0 Å². The van der Waals surface area contributed by atoms with E-state index in [0.29, 0.717) is 6.54 Å². The zero-order valence-electron chi connectivity index (χ0n) is 6.63. The lowest BCUT2D eigenvalue weighted by Gasteiger charge is -1.95. The lowest BCUT2D eigenvalue weighted by molar-refractivity contribution is 0.825. The van der Waals surface area contributed by atoms with Gasteiger partial charge in [0.15, 0.2) is 0 Å². The molecule has 0 saturated carbocycles. The van der Waals surface area contributed by atoms with Crippen LogP contribution in [0.15, 0.2) is 30.3 Å². The molecule has 0 unspecified atom stereocenters. The minimum absolute atomic E-state index is 0.644. The second-order valence-electron chi connectivity index (χ2n) is 2.33. The maximum atomic E-state index is 5.90. The summed E-state index contributed by atoms with van der Waals surface area (Å²) in [6, 6.07) is 7.66. The van der Waals surface area contributed by atoms with Crippen molar-refractivity contribution in [2.75, 3.05) is 6.54 Å². The van der Waals surface area contributed by atoms with Crippen molar-refractivity contribution in [3.8, 4) is 0 Å². The molecule has 1 rings (SSSR count). The number of halogens is 1. The van der Waals surface area contributed by atoms with Gasteiger partial charge in [-0.1, -0.05) is 42.0 Å². The molecule has 64 valence electrons. The van der Waals surface area contributed by atoms with Crippen LogP contribution >= 0.6 is 11.6 Å². The molecule has 0 aliphatic carbocycles. The van der Waals surface area contributed by atoms with E-state index in [1.165, 1.54) is 0 Å². The first kappa shape index (κ1) is 9.26. The van der Waals surface area contributed by atoms with Crippen LogP contribution in [0.4, 0.5) is 0 Å². The minimum Gasteiger partial charge on any atom is -0.271 e. The molecule has 0 fully saturated rings. The molecule has 0 heterocycles. The molecule has 1 aromatic rings. The van der Waals surface area contributed by atoms with Crippen LogP contribution in [0.2, 0.25) is 5.02 Å². The van der Waals surface area contributed by atoms with Crippen LogP contribution in [0.1, 0.15) is 5.56 Å². The summed E-state index contributed by atoms with van der Waals surface area (Å²) in [5, 5.41) is 0.755. The third-order valence-corrected chi connectivity index (χ3v) is 1.78. The van der Waals surface area contributed by atoms with Gasteiger partial charge < -0.3 is 0 Å². The van der Waals surface area contributed by atoms with E-state index in [4.69, 9.17) is 17.4 Å². The van der Waals surface area contributed by atoms with Crippen molar-refractivity contribution in [2.24, 2.45) is 5.84 Å². The molecule has 0 bridgehead atoms. The number of hydrogen-bond acceptors (Lipinski definition) is 2. The van der Waals surface area contributed by atoms with Crippen molar-refractivity contribution in [3.63, 3.8) is 0 Å². The molecule has 3 heteroatoms. The quantitative estimate of drug-likeness (QED) is 0.553. The van der Waals surface area contributed by atoms with Gasteiger partial charge in [-0.3, -0.25) is 11.3 Å². The molecular weight excluding hydrogens is 172 g/mol. The Kier molecular flexibility index (Phi) is 3.80. The van der Waals surface area contributed by atoms with E-state index in [1.807, 2.05) is 36.4 Å². The predicted molar refractivity (Wildman–Crippen MR) is 52.7 cm³/mol. The molecule has 0 atom stereocenters. The molecule has 1 aromatic carbocycles. The van der Waals surface area contributed by atoms with Crippen LogP contribution in [0.3, 0.4) is 0 Å². The number of nitrogens with two attached hydrogens (primary N) is 1. The summed E-state index contributed by atoms with van der Waals surface area (Å²) < 4.78 is 0. The van der Waals surface area contributed by atoms with Gasteiger partial charge in [0.2, 0.25) is 0 Å². The second-order valence-corrected chi connectivity index (χ2v) is 2.74. The maximum absolute atomic E-state index is 5.90. The molecular formula is C9H11ClN2. The summed E-state index contributed by atoms with van der Waals surface area (Å²) >= 11 is 5.90. The van der Waals surface area contributed by atoms with E-state index in [-0.39, 0.29) is 0 Å². The zero-order chi connectivity index (χ0) is 8.81. The Labute approximate surface area is 77.0 Å². The standard InChI is InChI=1S/C9H11ClN2/c10-9-6-2-1-4-8(9)5-3-7-12-11/h1-6,12H,7,11H2/b5-3+. The highest BCUT2D eigenvalue weighted by Crippen LogP contribution is 2.15. The Morgan fingerprint density at radius 1 is 1.42 bits per heavy atom. The van der Waals surface area contributed by atoms with Crippen LogP contribution in [0.25, 0.3) is 6.08 Å². The first-order valence-electron chi connectivity index (χ1n) is 3.69. The number of hydrazine groups is 1. The number of nitrogens with one attached hydrogen (secondary N) is 1. The van der Waals surface area contributed by atoms with Gasteiger partial charge in [0, 0.05) is 11.6 Å². The largest absolute Gasteiger partial charge is 0.271 e. The Hall–Kier alpha value is -0.830. The fourth-order valence-electron chi connectivity index (χ4n) is 0.864. The van der Waals surface area contributed by atoms with Crippen LogP contribution in [0.5, 0.6) is 0 Å². The average molecular weight is 183 g/mol. The van der Waals surface area contributed by atoms with E-state index in [1.54, 1.807) is 0 Å². The van der Waals surface area contributed by atoms with Gasteiger partial charge in [0.25, 0.3) is 0 Å². The topological polar surface area (TPSA) is 38.0 Å². The molecule has 0 saturated heterocycles. The fourth-order valence-corrected chi connectivity index (χ4v) is 1.06. The molecule has 3 N–H and O–H groups in total. The zero-order valence-corrected chi connectivity index (χ0v) is 7.38. The lowest BCUT2D eigenvalue weighted by atomic mass is 10.2. The predicted octanol–water partition coefficient (Wildman–Crippen LogP) is 1.82. The Morgan fingerprint density at radius 2 is 2.17 bits per heavy atom. The van der Waals surface area contributed by atoms with Gasteiger partial charge >= 0.3 is 0 Å². The molecule has 2 nitrogen and oxygen atoms in total. The van der Waals surface area contributed by atoms with E-state index in [9.17, 15) is 0 Å². The van der Waals surface area contributed by atoms with E-state index in [0.717, 1.165) is 10.6 Å². The fraction of sp³-hybridized carbons (Fsp3) is 0.111. The summed E-state index contributed by atoms with van der Waals surface area (Å²) in [4.78, 5) is 0. The molecule has 0 radical (unpaired) electrons. The third kappa shape index (κ3) is 2.66. The van der Waals surface area contributed by atoms with E-state index < -0.39 is 0 Å². The first-order chi connectivity index (χ1) is 5.84. The SMILES string of the molecule is NNC/C=C/c1ccccc1Cl. The summed E-state index contributed by atoms with van der Waals surface area (Å²) in [5.41, 5.74) is 3.54. The highest BCUT2D eigenvalue weighted by atomic mass is 35.5. The minimum atomic E-state index is 0.644. The summed E-state index contributed by atoms with van der Waals surface area (Å²) in [5.74, 6) is 5.10. The monoisotopic (exact) mass is 182 g/mol. The van der Waals surface area contributed by atoms with Gasteiger partial charge in [-0.2, -0.15) is 0 Å².